The lowest BCUT2D eigenvalue weighted by Crippen LogP contribution is -2.42. The van der Waals surface area contributed by atoms with Gasteiger partial charge in [-0.2, -0.15) is 17.0 Å². The first-order chi connectivity index (χ1) is 6.98. The third-order valence-corrected chi connectivity index (χ3v) is 4.30. The fourth-order valence-corrected chi connectivity index (χ4v) is 2.83. The van der Waals surface area contributed by atoms with Crippen molar-refractivity contribution < 1.29 is 17.9 Å². The highest BCUT2D eigenvalue weighted by atomic mass is 32.2. The van der Waals surface area contributed by atoms with Gasteiger partial charge in [-0.05, 0) is 12.8 Å². The molecule has 0 unspecified atom stereocenters. The Morgan fingerprint density at radius 3 is 2.40 bits per heavy atom. The van der Waals surface area contributed by atoms with Crippen LogP contribution >= 0.6 is 0 Å². The Morgan fingerprint density at radius 2 is 1.93 bits per heavy atom. The molecule has 0 aliphatic carbocycles. The molecule has 1 aliphatic heterocycles. The zero-order chi connectivity index (χ0) is 11.5. The van der Waals surface area contributed by atoms with Gasteiger partial charge in [0.25, 0.3) is 10.2 Å². The molecule has 1 heterocycles. The molecular weight excluding hydrogens is 220 g/mol. The second-order valence-electron chi connectivity index (χ2n) is 3.45. The van der Waals surface area contributed by atoms with Crippen LogP contribution in [-0.4, -0.2) is 56.8 Å². The van der Waals surface area contributed by atoms with Gasteiger partial charge in [-0.15, -0.1) is 0 Å². The van der Waals surface area contributed by atoms with E-state index in [1.54, 1.807) is 0 Å². The Hall–Kier alpha value is -0.660. The van der Waals surface area contributed by atoms with Gasteiger partial charge in [-0.25, -0.2) is 0 Å². The molecule has 6 nitrogen and oxygen atoms in total. The van der Waals surface area contributed by atoms with E-state index in [2.05, 4.69) is 4.74 Å². The summed E-state index contributed by atoms with van der Waals surface area (Å²) in [5.41, 5.74) is 0. The Balaban J connectivity index is 2.64. The quantitative estimate of drug-likeness (QED) is 0.613. The number of likely N-dealkylation sites (N-methyl/N-ethyl adjacent to an activating group) is 1. The number of methoxy groups -OCH3 is 1. The van der Waals surface area contributed by atoms with Crippen molar-refractivity contribution in [1.82, 2.24) is 8.61 Å². The van der Waals surface area contributed by atoms with E-state index in [1.165, 1.54) is 18.5 Å². The average Bonchev–Trinajstić information content (AvgIpc) is 2.70. The molecule has 0 aromatic rings. The van der Waals surface area contributed by atoms with Crippen molar-refractivity contribution in [2.45, 2.75) is 12.8 Å². The summed E-state index contributed by atoms with van der Waals surface area (Å²) >= 11 is 0. The zero-order valence-corrected chi connectivity index (χ0v) is 9.79. The van der Waals surface area contributed by atoms with Crippen molar-refractivity contribution in [1.29, 1.82) is 0 Å². The van der Waals surface area contributed by atoms with Crippen LogP contribution in [0.15, 0.2) is 0 Å². The molecule has 0 saturated carbocycles. The molecule has 0 aromatic carbocycles. The topological polar surface area (TPSA) is 66.9 Å². The van der Waals surface area contributed by atoms with Crippen LogP contribution in [0.5, 0.6) is 0 Å². The van der Waals surface area contributed by atoms with Crippen LogP contribution in [0.3, 0.4) is 0 Å². The van der Waals surface area contributed by atoms with Crippen molar-refractivity contribution in [2.75, 3.05) is 33.8 Å². The van der Waals surface area contributed by atoms with Gasteiger partial charge >= 0.3 is 5.97 Å². The van der Waals surface area contributed by atoms with Crippen LogP contribution in [0.4, 0.5) is 0 Å². The fourth-order valence-electron chi connectivity index (χ4n) is 1.44. The number of hydrogen-bond donors (Lipinski definition) is 0. The van der Waals surface area contributed by atoms with Crippen LogP contribution < -0.4 is 0 Å². The first-order valence-corrected chi connectivity index (χ1v) is 6.16. The Bertz CT molecular complexity index is 322. The van der Waals surface area contributed by atoms with Gasteiger partial charge in [0.2, 0.25) is 0 Å². The van der Waals surface area contributed by atoms with Crippen molar-refractivity contribution in [2.24, 2.45) is 0 Å². The number of esters is 1. The summed E-state index contributed by atoms with van der Waals surface area (Å²) in [6.07, 6.45) is 1.76. The molecule has 7 heteroatoms. The normalized spacial score (nSPS) is 18.3. The molecular formula is C8H16N2O4S. The number of rotatable bonds is 4. The monoisotopic (exact) mass is 236 g/mol. The summed E-state index contributed by atoms with van der Waals surface area (Å²) in [5, 5.41) is 0. The van der Waals surface area contributed by atoms with Crippen molar-refractivity contribution in [3.8, 4) is 0 Å². The molecule has 1 fully saturated rings. The van der Waals surface area contributed by atoms with Crippen LogP contribution in [0.25, 0.3) is 0 Å². The van der Waals surface area contributed by atoms with Gasteiger partial charge < -0.3 is 4.74 Å². The Labute approximate surface area is 90.0 Å². The van der Waals surface area contributed by atoms with E-state index >= 15 is 0 Å². The van der Waals surface area contributed by atoms with E-state index in [4.69, 9.17) is 0 Å². The second-order valence-corrected chi connectivity index (χ2v) is 5.48. The summed E-state index contributed by atoms with van der Waals surface area (Å²) in [4.78, 5) is 10.9. The first-order valence-electron chi connectivity index (χ1n) is 4.76. The van der Waals surface area contributed by atoms with Gasteiger partial charge in [-0.1, -0.05) is 0 Å². The molecule has 1 rings (SSSR count). The highest BCUT2D eigenvalue weighted by Gasteiger charge is 2.30. The lowest BCUT2D eigenvalue weighted by Gasteiger charge is -2.22. The minimum absolute atomic E-state index is 0.241. The summed E-state index contributed by atoms with van der Waals surface area (Å²) in [6.45, 7) is 0.830. The SMILES string of the molecule is COC(=O)CN(C)S(=O)(=O)N1CCCC1. The van der Waals surface area contributed by atoms with E-state index in [0.717, 1.165) is 17.1 Å². The molecule has 0 atom stereocenters. The summed E-state index contributed by atoms with van der Waals surface area (Å²) in [7, 11) is -0.864. The average molecular weight is 236 g/mol. The molecule has 0 aromatic heterocycles. The summed E-state index contributed by atoms with van der Waals surface area (Å²) < 4.78 is 30.5. The lowest BCUT2D eigenvalue weighted by molar-refractivity contribution is -0.140. The summed E-state index contributed by atoms with van der Waals surface area (Å²) in [6, 6.07) is 0. The Morgan fingerprint density at radius 1 is 1.40 bits per heavy atom. The molecule has 1 aliphatic rings. The second kappa shape index (κ2) is 4.91. The fraction of sp³-hybridized carbons (Fsp3) is 0.875. The van der Waals surface area contributed by atoms with Crippen molar-refractivity contribution in [3.05, 3.63) is 0 Å². The summed E-state index contributed by atoms with van der Waals surface area (Å²) in [5.74, 6) is -0.555. The number of carbonyl (C=O) groups is 1. The minimum Gasteiger partial charge on any atom is -0.468 e. The number of ether oxygens (including phenoxy) is 1. The molecule has 0 spiro atoms. The van der Waals surface area contributed by atoms with Gasteiger partial charge in [0.1, 0.15) is 6.54 Å². The molecule has 0 bridgehead atoms. The predicted octanol–water partition coefficient (Wildman–Crippen LogP) is -0.568. The third-order valence-electron chi connectivity index (χ3n) is 2.36. The number of hydrogen-bond acceptors (Lipinski definition) is 4. The smallest absolute Gasteiger partial charge is 0.321 e. The maximum atomic E-state index is 11.8. The zero-order valence-electron chi connectivity index (χ0n) is 8.97. The van der Waals surface area contributed by atoms with Gasteiger partial charge in [0.05, 0.1) is 7.11 Å². The minimum atomic E-state index is -3.48. The van der Waals surface area contributed by atoms with E-state index in [9.17, 15) is 13.2 Å². The number of nitrogens with zero attached hydrogens (tertiary/aromatic N) is 2. The predicted molar refractivity (Wildman–Crippen MR) is 54.4 cm³/mol. The van der Waals surface area contributed by atoms with Crippen LogP contribution in [0, 0.1) is 0 Å². The van der Waals surface area contributed by atoms with Crippen LogP contribution in [0.2, 0.25) is 0 Å². The van der Waals surface area contributed by atoms with E-state index in [1.807, 2.05) is 0 Å². The maximum absolute atomic E-state index is 11.8. The van der Waals surface area contributed by atoms with Gasteiger partial charge in [0.15, 0.2) is 0 Å². The van der Waals surface area contributed by atoms with Crippen molar-refractivity contribution >= 4 is 16.2 Å². The molecule has 0 N–H and O–H groups in total. The van der Waals surface area contributed by atoms with Gasteiger partial charge in [0, 0.05) is 20.1 Å². The third kappa shape index (κ3) is 2.90. The van der Waals surface area contributed by atoms with Crippen LogP contribution in [0.1, 0.15) is 12.8 Å². The van der Waals surface area contributed by atoms with Gasteiger partial charge in [-0.3, -0.25) is 4.79 Å². The van der Waals surface area contributed by atoms with E-state index in [0.29, 0.717) is 13.1 Å². The van der Waals surface area contributed by atoms with Crippen molar-refractivity contribution in [3.63, 3.8) is 0 Å². The number of carbonyl (C=O) groups excluding carboxylic acids is 1. The van der Waals surface area contributed by atoms with E-state index in [-0.39, 0.29) is 6.54 Å². The highest BCUT2D eigenvalue weighted by molar-refractivity contribution is 7.86. The van der Waals surface area contributed by atoms with Crippen LogP contribution in [-0.2, 0) is 19.7 Å². The highest BCUT2D eigenvalue weighted by Crippen LogP contribution is 2.14. The molecule has 0 amide bonds. The molecule has 15 heavy (non-hydrogen) atoms. The Kier molecular flexibility index (Phi) is 4.06. The maximum Gasteiger partial charge on any atom is 0.321 e. The largest absolute Gasteiger partial charge is 0.468 e. The molecule has 1 saturated heterocycles. The standard InChI is InChI=1S/C8H16N2O4S/c1-9(7-8(11)14-2)15(12,13)10-5-3-4-6-10/h3-7H2,1-2H3. The first kappa shape index (κ1) is 12.4. The lowest BCUT2D eigenvalue weighted by atomic mass is 10.4. The molecule has 0 radical (unpaired) electrons. The van der Waals surface area contributed by atoms with E-state index < -0.39 is 16.2 Å². The molecule has 88 valence electrons.